The molecule has 0 aliphatic heterocycles. The molecule has 1 rings (SSSR count). The van der Waals surface area contributed by atoms with Crippen LogP contribution in [0.3, 0.4) is 0 Å². The van der Waals surface area contributed by atoms with E-state index in [1.807, 2.05) is 11.3 Å². The van der Waals surface area contributed by atoms with E-state index in [-0.39, 0.29) is 0 Å². The maximum atomic E-state index is 4.73. The average molecular weight is 353 g/mol. The molecule has 0 fully saturated rings. The normalized spacial score (nSPS) is 13.3. The van der Waals surface area contributed by atoms with Gasteiger partial charge in [0.15, 0.2) is 5.96 Å². The Balaban J connectivity index is 2.35. The molecule has 2 N–H and O–H groups in total. The minimum absolute atomic E-state index is 0.386. The first-order valence-electron chi connectivity index (χ1n) is 9.41. The molecule has 1 heterocycles. The Morgan fingerprint density at radius 1 is 1.21 bits per heavy atom. The smallest absolute Gasteiger partial charge is 0.191 e. The van der Waals surface area contributed by atoms with Crippen molar-refractivity contribution in [2.75, 3.05) is 32.7 Å². The molecule has 0 radical (unpaired) electrons. The monoisotopic (exact) mass is 352 g/mol. The van der Waals surface area contributed by atoms with Crippen LogP contribution in [0.5, 0.6) is 0 Å². The third-order valence-electron chi connectivity index (χ3n) is 4.08. The molecule has 4 nitrogen and oxygen atoms in total. The largest absolute Gasteiger partial charge is 0.357 e. The van der Waals surface area contributed by atoms with Crippen LogP contribution in [0.15, 0.2) is 17.1 Å². The highest BCUT2D eigenvalue weighted by Crippen LogP contribution is 2.16. The lowest BCUT2D eigenvalue weighted by Crippen LogP contribution is -2.43. The summed E-state index contributed by atoms with van der Waals surface area (Å²) in [6.45, 7) is 16.2. The molecular formula is C19H36N4S. The number of hydrogen-bond acceptors (Lipinski definition) is 3. The van der Waals surface area contributed by atoms with Gasteiger partial charge in [0.05, 0.1) is 0 Å². The standard InChI is InChI=1S/C19H36N4S/c1-6-20-19(21-13-9-10-14-23(7-2)8-3)22-16(4)15-18-12-11-17(5)24-18/h11-12,16H,6-10,13-15H2,1-5H3,(H2,20,21,22). The van der Waals surface area contributed by atoms with Crippen molar-refractivity contribution in [1.29, 1.82) is 0 Å². The van der Waals surface area contributed by atoms with Crippen LogP contribution >= 0.6 is 11.3 Å². The van der Waals surface area contributed by atoms with Crippen LogP contribution in [-0.2, 0) is 6.42 Å². The first kappa shape index (κ1) is 21.0. The second-order valence-electron chi connectivity index (χ2n) is 6.26. The highest BCUT2D eigenvalue weighted by molar-refractivity contribution is 7.11. The zero-order valence-corrected chi connectivity index (χ0v) is 17.0. The molecule has 24 heavy (non-hydrogen) atoms. The minimum atomic E-state index is 0.386. The fourth-order valence-corrected chi connectivity index (χ4v) is 3.70. The van der Waals surface area contributed by atoms with Gasteiger partial charge in [-0.3, -0.25) is 4.99 Å². The third kappa shape index (κ3) is 8.69. The van der Waals surface area contributed by atoms with Gasteiger partial charge in [-0.2, -0.15) is 0 Å². The molecule has 0 bridgehead atoms. The van der Waals surface area contributed by atoms with Gasteiger partial charge in [0.2, 0.25) is 0 Å². The van der Waals surface area contributed by atoms with Gasteiger partial charge in [0.1, 0.15) is 0 Å². The van der Waals surface area contributed by atoms with Crippen LogP contribution < -0.4 is 10.6 Å². The van der Waals surface area contributed by atoms with E-state index in [0.717, 1.165) is 45.0 Å². The van der Waals surface area contributed by atoms with Crippen LogP contribution in [0.4, 0.5) is 0 Å². The number of rotatable bonds is 11. The molecule has 0 saturated heterocycles. The van der Waals surface area contributed by atoms with Gasteiger partial charge >= 0.3 is 0 Å². The molecule has 0 saturated carbocycles. The fraction of sp³-hybridized carbons (Fsp3) is 0.737. The molecule has 0 aliphatic carbocycles. The number of nitrogens with one attached hydrogen (secondary N) is 2. The zero-order chi connectivity index (χ0) is 17.8. The summed E-state index contributed by atoms with van der Waals surface area (Å²) in [7, 11) is 0. The van der Waals surface area contributed by atoms with E-state index in [9.17, 15) is 0 Å². The second-order valence-corrected chi connectivity index (χ2v) is 7.63. The number of aliphatic imine (C=N–C) groups is 1. The average Bonchev–Trinajstić information content (AvgIpc) is 2.95. The molecule has 1 aromatic rings. The van der Waals surface area contributed by atoms with Gasteiger partial charge in [0, 0.05) is 35.3 Å². The van der Waals surface area contributed by atoms with Crippen molar-refractivity contribution < 1.29 is 0 Å². The Hall–Kier alpha value is -1.07. The predicted octanol–water partition coefficient (Wildman–Crippen LogP) is 3.66. The van der Waals surface area contributed by atoms with E-state index < -0.39 is 0 Å². The third-order valence-corrected chi connectivity index (χ3v) is 5.10. The number of aryl methyl sites for hydroxylation is 1. The number of unbranched alkanes of at least 4 members (excludes halogenated alkanes) is 1. The molecule has 0 spiro atoms. The molecule has 1 atom stereocenters. The Kier molecular flexibility index (Phi) is 10.8. The molecule has 5 heteroatoms. The SMILES string of the molecule is CCNC(=NCCCCN(CC)CC)NC(C)Cc1ccc(C)s1. The second kappa shape index (κ2) is 12.3. The predicted molar refractivity (Wildman–Crippen MR) is 108 cm³/mol. The lowest BCUT2D eigenvalue weighted by atomic mass is 10.2. The molecule has 0 aliphatic rings. The Bertz CT molecular complexity index is 466. The Labute approximate surface area is 152 Å². The number of thiophene rings is 1. The van der Waals surface area contributed by atoms with Crippen molar-refractivity contribution in [1.82, 2.24) is 15.5 Å². The summed E-state index contributed by atoms with van der Waals surface area (Å²) < 4.78 is 0. The first-order valence-corrected chi connectivity index (χ1v) is 10.2. The van der Waals surface area contributed by atoms with Crippen LogP contribution in [0.25, 0.3) is 0 Å². The number of hydrogen-bond donors (Lipinski definition) is 2. The van der Waals surface area contributed by atoms with E-state index in [4.69, 9.17) is 4.99 Å². The molecule has 1 aromatic heterocycles. The van der Waals surface area contributed by atoms with Gasteiger partial charge in [-0.25, -0.2) is 0 Å². The van der Waals surface area contributed by atoms with E-state index in [1.54, 1.807) is 0 Å². The van der Waals surface area contributed by atoms with Crippen LogP contribution in [0, 0.1) is 6.92 Å². The summed E-state index contributed by atoms with van der Waals surface area (Å²) in [5.74, 6) is 0.945. The van der Waals surface area contributed by atoms with Crippen molar-refractivity contribution in [3.8, 4) is 0 Å². The summed E-state index contributed by atoms with van der Waals surface area (Å²) in [4.78, 5) is 10.0. The van der Waals surface area contributed by atoms with Gasteiger partial charge < -0.3 is 15.5 Å². The van der Waals surface area contributed by atoms with Gasteiger partial charge in [-0.15, -0.1) is 11.3 Å². The molecule has 1 unspecified atom stereocenters. The van der Waals surface area contributed by atoms with Crippen molar-refractivity contribution in [3.63, 3.8) is 0 Å². The number of nitrogens with zero attached hydrogens (tertiary/aromatic N) is 2. The number of guanidine groups is 1. The Morgan fingerprint density at radius 2 is 1.96 bits per heavy atom. The summed E-state index contributed by atoms with van der Waals surface area (Å²) in [5.41, 5.74) is 0. The molecule has 0 aromatic carbocycles. The van der Waals surface area contributed by atoms with Gasteiger partial charge in [-0.05, 0) is 65.4 Å². The van der Waals surface area contributed by atoms with E-state index in [2.05, 4.69) is 62.3 Å². The minimum Gasteiger partial charge on any atom is -0.357 e. The van der Waals surface area contributed by atoms with E-state index in [1.165, 1.54) is 22.7 Å². The lowest BCUT2D eigenvalue weighted by Gasteiger charge is -2.18. The highest BCUT2D eigenvalue weighted by Gasteiger charge is 2.07. The van der Waals surface area contributed by atoms with Gasteiger partial charge in [0.25, 0.3) is 0 Å². The maximum absolute atomic E-state index is 4.73. The van der Waals surface area contributed by atoms with Crippen molar-refractivity contribution in [3.05, 3.63) is 21.9 Å². The van der Waals surface area contributed by atoms with Gasteiger partial charge in [-0.1, -0.05) is 13.8 Å². The molecule has 0 amide bonds. The zero-order valence-electron chi connectivity index (χ0n) is 16.2. The van der Waals surface area contributed by atoms with Crippen LogP contribution in [0.1, 0.15) is 50.3 Å². The molecule has 138 valence electrons. The van der Waals surface area contributed by atoms with Crippen molar-refractivity contribution in [2.24, 2.45) is 4.99 Å². The van der Waals surface area contributed by atoms with Crippen molar-refractivity contribution >= 4 is 17.3 Å². The van der Waals surface area contributed by atoms with Crippen molar-refractivity contribution in [2.45, 2.75) is 59.9 Å². The summed E-state index contributed by atoms with van der Waals surface area (Å²) >= 11 is 1.88. The molecular weight excluding hydrogens is 316 g/mol. The van der Waals surface area contributed by atoms with E-state index in [0.29, 0.717) is 6.04 Å². The first-order chi connectivity index (χ1) is 11.6. The fourth-order valence-electron chi connectivity index (χ4n) is 2.68. The highest BCUT2D eigenvalue weighted by atomic mass is 32.1. The maximum Gasteiger partial charge on any atom is 0.191 e. The summed E-state index contributed by atoms with van der Waals surface area (Å²) in [6, 6.07) is 4.81. The topological polar surface area (TPSA) is 39.7 Å². The van der Waals surface area contributed by atoms with Crippen LogP contribution in [0.2, 0.25) is 0 Å². The lowest BCUT2D eigenvalue weighted by molar-refractivity contribution is 0.297. The summed E-state index contributed by atoms with van der Waals surface area (Å²) in [6.07, 6.45) is 3.41. The summed E-state index contributed by atoms with van der Waals surface area (Å²) in [5, 5.41) is 6.89. The van der Waals surface area contributed by atoms with E-state index >= 15 is 0 Å². The quantitative estimate of drug-likeness (QED) is 0.363. The van der Waals surface area contributed by atoms with Crippen LogP contribution in [-0.4, -0.2) is 49.6 Å². The Morgan fingerprint density at radius 3 is 2.54 bits per heavy atom.